The van der Waals surface area contributed by atoms with Crippen molar-refractivity contribution >= 4 is 6.03 Å². The highest BCUT2D eigenvalue weighted by Crippen LogP contribution is 2.19. The number of carbonyl (C=O) groups excluding carboxylic acids is 1. The largest absolute Gasteiger partial charge is 0.381 e. The number of rotatable bonds is 3. The van der Waals surface area contributed by atoms with E-state index in [0.29, 0.717) is 18.3 Å². The fourth-order valence-electron chi connectivity index (χ4n) is 3.45. The molecule has 0 aliphatic carbocycles. The maximum absolute atomic E-state index is 12.8. The van der Waals surface area contributed by atoms with Gasteiger partial charge in [0.25, 0.3) is 0 Å². The average molecular weight is 336 g/mol. The first-order valence-electron chi connectivity index (χ1n) is 8.60. The summed E-state index contributed by atoms with van der Waals surface area (Å²) in [6.45, 7) is 6.59. The van der Waals surface area contributed by atoms with Crippen molar-refractivity contribution in [1.82, 2.24) is 20.1 Å². The summed E-state index contributed by atoms with van der Waals surface area (Å²) in [5, 5.41) is 2.88. The van der Waals surface area contributed by atoms with Gasteiger partial charge in [-0.3, -0.25) is 9.88 Å². The van der Waals surface area contributed by atoms with E-state index < -0.39 is 0 Å². The van der Waals surface area contributed by atoms with Crippen LogP contribution in [0.15, 0.2) is 18.3 Å². The van der Waals surface area contributed by atoms with Crippen LogP contribution >= 0.6 is 0 Å². The Labute approximate surface area is 142 Å². The molecule has 132 valence electrons. The van der Waals surface area contributed by atoms with Gasteiger partial charge in [0.05, 0.1) is 18.4 Å². The third-order valence-corrected chi connectivity index (χ3v) is 4.84. The van der Waals surface area contributed by atoms with E-state index in [1.807, 2.05) is 4.90 Å². The Morgan fingerprint density at radius 3 is 2.83 bits per heavy atom. The van der Waals surface area contributed by atoms with Crippen LogP contribution in [-0.2, 0) is 11.3 Å². The quantitative estimate of drug-likeness (QED) is 0.911. The summed E-state index contributed by atoms with van der Waals surface area (Å²) in [4.78, 5) is 20.7. The molecule has 2 saturated heterocycles. The van der Waals surface area contributed by atoms with Crippen LogP contribution < -0.4 is 5.32 Å². The molecule has 2 aliphatic rings. The number of hydrogen-bond acceptors (Lipinski definition) is 4. The highest BCUT2D eigenvalue weighted by molar-refractivity contribution is 5.74. The second kappa shape index (κ2) is 7.90. The molecule has 0 radical (unpaired) electrons. The Kier molecular flexibility index (Phi) is 5.63. The van der Waals surface area contributed by atoms with Crippen LogP contribution in [0.4, 0.5) is 9.18 Å². The van der Waals surface area contributed by atoms with E-state index in [0.717, 1.165) is 51.9 Å². The number of nitrogens with one attached hydrogen (secondary N) is 1. The number of aromatic nitrogens is 1. The van der Waals surface area contributed by atoms with Gasteiger partial charge in [0.15, 0.2) is 0 Å². The van der Waals surface area contributed by atoms with Crippen molar-refractivity contribution in [2.24, 2.45) is 0 Å². The number of halogens is 1. The second-order valence-corrected chi connectivity index (χ2v) is 6.51. The van der Waals surface area contributed by atoms with Gasteiger partial charge >= 0.3 is 6.03 Å². The number of piperazine rings is 1. The summed E-state index contributed by atoms with van der Waals surface area (Å²) in [5.74, 6) is -0.372. The fraction of sp³-hybridized carbons (Fsp3) is 0.647. The molecule has 2 fully saturated rings. The molecule has 0 aromatic carbocycles. The maximum Gasteiger partial charge on any atom is 0.318 e. The fourth-order valence-corrected chi connectivity index (χ4v) is 3.45. The standard InChI is InChI=1S/C17H25FN4O2/c1-13-12-21(16-4-8-24-9-5-16)6-7-22(13)17(23)20-11-15-3-2-14(18)10-19-15/h2-3,10,13,16H,4-9,11-12H2,1H3,(H,20,23)/t13-/m0/s1. The first-order chi connectivity index (χ1) is 11.6. The zero-order valence-corrected chi connectivity index (χ0v) is 14.1. The predicted octanol–water partition coefficient (Wildman–Crippen LogP) is 1.62. The highest BCUT2D eigenvalue weighted by atomic mass is 19.1. The molecule has 1 atom stereocenters. The van der Waals surface area contributed by atoms with Crippen LogP contribution in [0.25, 0.3) is 0 Å². The van der Waals surface area contributed by atoms with Gasteiger partial charge in [0, 0.05) is 44.9 Å². The van der Waals surface area contributed by atoms with Crippen LogP contribution in [0.5, 0.6) is 0 Å². The van der Waals surface area contributed by atoms with Crippen LogP contribution in [0.2, 0.25) is 0 Å². The number of carbonyl (C=O) groups is 1. The SMILES string of the molecule is C[C@H]1CN(C2CCOCC2)CCN1C(=O)NCc1ccc(F)cn1. The maximum atomic E-state index is 12.8. The lowest BCUT2D eigenvalue weighted by molar-refractivity contribution is 0.00699. The van der Waals surface area contributed by atoms with Gasteiger partial charge in [-0.25, -0.2) is 9.18 Å². The Balaban J connectivity index is 1.48. The zero-order valence-electron chi connectivity index (χ0n) is 14.1. The molecule has 1 aromatic rings. The number of amides is 2. The summed E-state index contributed by atoms with van der Waals surface area (Å²) >= 11 is 0. The lowest BCUT2D eigenvalue weighted by Crippen LogP contribution is -2.58. The molecule has 0 spiro atoms. The second-order valence-electron chi connectivity index (χ2n) is 6.51. The minimum atomic E-state index is -0.372. The molecule has 0 saturated carbocycles. The first kappa shape index (κ1) is 17.1. The van der Waals surface area contributed by atoms with E-state index in [-0.39, 0.29) is 17.9 Å². The zero-order chi connectivity index (χ0) is 16.9. The van der Waals surface area contributed by atoms with Gasteiger partial charge in [-0.1, -0.05) is 0 Å². The highest BCUT2D eigenvalue weighted by Gasteiger charge is 2.31. The molecule has 2 aliphatic heterocycles. The lowest BCUT2D eigenvalue weighted by Gasteiger charge is -2.44. The van der Waals surface area contributed by atoms with Crippen molar-refractivity contribution < 1.29 is 13.9 Å². The number of pyridine rings is 1. The van der Waals surface area contributed by atoms with Gasteiger partial charge in [-0.2, -0.15) is 0 Å². The van der Waals surface area contributed by atoms with Crippen LogP contribution in [0.1, 0.15) is 25.5 Å². The first-order valence-corrected chi connectivity index (χ1v) is 8.60. The smallest absolute Gasteiger partial charge is 0.318 e. The minimum Gasteiger partial charge on any atom is -0.381 e. The van der Waals surface area contributed by atoms with E-state index in [1.165, 1.54) is 6.07 Å². The van der Waals surface area contributed by atoms with E-state index in [1.54, 1.807) is 6.07 Å². The monoisotopic (exact) mass is 336 g/mol. The Morgan fingerprint density at radius 2 is 2.17 bits per heavy atom. The van der Waals surface area contributed by atoms with E-state index in [2.05, 4.69) is 22.1 Å². The van der Waals surface area contributed by atoms with Crippen LogP contribution in [-0.4, -0.2) is 65.7 Å². The normalized spacial score (nSPS) is 23.2. The number of urea groups is 1. The van der Waals surface area contributed by atoms with Gasteiger partial charge < -0.3 is 15.0 Å². The molecular formula is C17H25FN4O2. The van der Waals surface area contributed by atoms with Crippen LogP contribution in [0.3, 0.4) is 0 Å². The van der Waals surface area contributed by atoms with E-state index in [9.17, 15) is 9.18 Å². The molecule has 1 aromatic heterocycles. The Bertz CT molecular complexity index is 548. The molecule has 0 bridgehead atoms. The molecule has 1 N–H and O–H groups in total. The van der Waals surface area contributed by atoms with E-state index >= 15 is 0 Å². The van der Waals surface area contributed by atoms with Gasteiger partial charge in [-0.15, -0.1) is 0 Å². The molecule has 7 heteroatoms. The van der Waals surface area contributed by atoms with Crippen molar-refractivity contribution in [3.8, 4) is 0 Å². The summed E-state index contributed by atoms with van der Waals surface area (Å²) in [6.07, 6.45) is 3.32. The third kappa shape index (κ3) is 4.21. The molecule has 2 amide bonds. The van der Waals surface area contributed by atoms with Gasteiger partial charge in [-0.05, 0) is 31.9 Å². The van der Waals surface area contributed by atoms with Crippen molar-refractivity contribution in [3.63, 3.8) is 0 Å². The van der Waals surface area contributed by atoms with Crippen molar-refractivity contribution in [2.45, 2.75) is 38.4 Å². The topological polar surface area (TPSA) is 57.7 Å². The minimum absolute atomic E-state index is 0.0831. The summed E-state index contributed by atoms with van der Waals surface area (Å²) in [7, 11) is 0. The van der Waals surface area contributed by atoms with Crippen LogP contribution in [0, 0.1) is 5.82 Å². The van der Waals surface area contributed by atoms with Crippen molar-refractivity contribution in [2.75, 3.05) is 32.8 Å². The van der Waals surface area contributed by atoms with Gasteiger partial charge in [0.1, 0.15) is 5.82 Å². The predicted molar refractivity (Wildman–Crippen MR) is 88.0 cm³/mol. The molecular weight excluding hydrogens is 311 g/mol. The number of nitrogens with zero attached hydrogens (tertiary/aromatic N) is 3. The summed E-state index contributed by atoms with van der Waals surface area (Å²) < 4.78 is 18.3. The average Bonchev–Trinajstić information content (AvgIpc) is 2.61. The number of hydrogen-bond donors (Lipinski definition) is 1. The van der Waals surface area contributed by atoms with Gasteiger partial charge in [0.2, 0.25) is 0 Å². The molecule has 0 unspecified atom stereocenters. The Hall–Kier alpha value is -1.73. The summed E-state index contributed by atoms with van der Waals surface area (Å²) in [5.41, 5.74) is 0.651. The number of ether oxygens (including phenoxy) is 1. The molecule has 3 heterocycles. The summed E-state index contributed by atoms with van der Waals surface area (Å²) in [6, 6.07) is 3.60. The molecule has 6 nitrogen and oxygen atoms in total. The molecule has 24 heavy (non-hydrogen) atoms. The molecule has 3 rings (SSSR count). The van der Waals surface area contributed by atoms with E-state index in [4.69, 9.17) is 4.74 Å². The lowest BCUT2D eigenvalue weighted by atomic mass is 10.0. The van der Waals surface area contributed by atoms with Crippen molar-refractivity contribution in [3.05, 3.63) is 29.8 Å². The van der Waals surface area contributed by atoms with Crippen molar-refractivity contribution in [1.29, 1.82) is 0 Å². The third-order valence-electron chi connectivity index (χ3n) is 4.84. The Morgan fingerprint density at radius 1 is 1.38 bits per heavy atom.